The second-order valence-corrected chi connectivity index (χ2v) is 3.37. The van der Waals surface area contributed by atoms with Crippen LogP contribution in [0.1, 0.15) is 0 Å². The van der Waals surface area contributed by atoms with Crippen molar-refractivity contribution >= 4 is 44.3 Å². The minimum Gasteiger partial charge on any atom is -0.381 e. The van der Waals surface area contributed by atoms with Crippen LogP contribution in [0.2, 0.25) is 0 Å². The first-order valence-electron chi connectivity index (χ1n) is 2.14. The number of hydrogen-bond donors (Lipinski definition) is 1. The van der Waals surface area contributed by atoms with Crippen LogP contribution >= 0.6 is 38.5 Å². The molecule has 1 heterocycles. The monoisotopic (exact) mass is 299 g/mol. The second-order valence-electron chi connectivity index (χ2n) is 1.40. The van der Waals surface area contributed by atoms with Gasteiger partial charge < -0.3 is 5.73 Å². The van der Waals surface area contributed by atoms with E-state index in [-0.39, 0.29) is 0 Å². The first-order valence-corrected chi connectivity index (χ1v) is 4.01. The third-order valence-corrected chi connectivity index (χ3v) is 2.00. The highest BCUT2D eigenvalue weighted by Crippen LogP contribution is 2.13. The smallest absolute Gasteiger partial charge is 0.159 e. The van der Waals surface area contributed by atoms with Crippen LogP contribution < -0.4 is 5.73 Å². The van der Waals surface area contributed by atoms with Crippen molar-refractivity contribution in [2.75, 3.05) is 5.73 Å². The quantitative estimate of drug-likeness (QED) is 0.737. The lowest BCUT2D eigenvalue weighted by atomic mass is 10.5. The van der Waals surface area contributed by atoms with Crippen molar-refractivity contribution in [3.63, 3.8) is 0 Å². The molecule has 0 bridgehead atoms. The summed E-state index contributed by atoms with van der Waals surface area (Å²) in [6.07, 6.45) is 0. The lowest BCUT2D eigenvalue weighted by molar-refractivity contribution is 1.01. The fourth-order valence-electron chi connectivity index (χ4n) is 0.357. The second kappa shape index (κ2) is 2.78. The van der Waals surface area contributed by atoms with Crippen molar-refractivity contribution in [3.05, 3.63) is 14.2 Å². The van der Waals surface area contributed by atoms with Crippen molar-refractivity contribution in [1.82, 2.24) is 10.2 Å². The molecule has 0 aliphatic heterocycles. The summed E-state index contributed by atoms with van der Waals surface area (Å²) in [6, 6.07) is 1.81. The molecule has 1 aromatic heterocycles. The van der Waals surface area contributed by atoms with Gasteiger partial charge in [-0.3, -0.25) is 0 Å². The maximum Gasteiger partial charge on any atom is 0.159 e. The molecule has 0 atom stereocenters. The van der Waals surface area contributed by atoms with E-state index in [4.69, 9.17) is 5.73 Å². The molecular formula is C4H3BrIN3. The minimum atomic E-state index is 0.471. The Bertz CT molecular complexity index is 227. The highest BCUT2D eigenvalue weighted by atomic mass is 127. The molecule has 0 spiro atoms. The number of rotatable bonds is 0. The normalized spacial score (nSPS) is 9.56. The van der Waals surface area contributed by atoms with Crippen LogP contribution in [0, 0.1) is 3.57 Å². The maximum absolute atomic E-state index is 5.39. The summed E-state index contributed by atoms with van der Waals surface area (Å²) in [6.45, 7) is 0. The van der Waals surface area contributed by atoms with Gasteiger partial charge in [-0.1, -0.05) is 0 Å². The van der Waals surface area contributed by atoms with Crippen molar-refractivity contribution in [2.24, 2.45) is 0 Å². The van der Waals surface area contributed by atoms with Crippen LogP contribution in [0.5, 0.6) is 0 Å². The average molecular weight is 300 g/mol. The molecule has 2 N–H and O–H groups in total. The van der Waals surface area contributed by atoms with Crippen LogP contribution in [0.15, 0.2) is 10.7 Å². The van der Waals surface area contributed by atoms with Crippen molar-refractivity contribution in [1.29, 1.82) is 0 Å². The molecule has 0 amide bonds. The van der Waals surface area contributed by atoms with E-state index >= 15 is 0 Å². The largest absolute Gasteiger partial charge is 0.381 e. The molecule has 0 saturated carbocycles. The predicted octanol–water partition coefficient (Wildman–Crippen LogP) is 1.43. The zero-order valence-corrected chi connectivity index (χ0v) is 8.05. The van der Waals surface area contributed by atoms with Crippen LogP contribution in [0.25, 0.3) is 0 Å². The van der Waals surface area contributed by atoms with E-state index in [0.29, 0.717) is 10.4 Å². The SMILES string of the molecule is Nc1nnc(Br)cc1I. The third-order valence-electron chi connectivity index (χ3n) is 0.744. The molecule has 0 fully saturated rings. The molecule has 0 radical (unpaired) electrons. The van der Waals surface area contributed by atoms with E-state index < -0.39 is 0 Å². The molecule has 1 aromatic rings. The van der Waals surface area contributed by atoms with Gasteiger partial charge in [-0.05, 0) is 44.6 Å². The van der Waals surface area contributed by atoms with E-state index in [9.17, 15) is 0 Å². The van der Waals surface area contributed by atoms with Gasteiger partial charge in [-0.15, -0.1) is 10.2 Å². The third kappa shape index (κ3) is 1.75. The fourth-order valence-corrected chi connectivity index (χ4v) is 1.50. The number of hydrogen-bond acceptors (Lipinski definition) is 3. The molecular weight excluding hydrogens is 297 g/mol. The number of halogens is 2. The van der Waals surface area contributed by atoms with Gasteiger partial charge in [-0.2, -0.15) is 0 Å². The predicted molar refractivity (Wildman–Crippen MR) is 46.9 cm³/mol. The Morgan fingerprint density at radius 2 is 2.22 bits per heavy atom. The Labute approximate surface area is 74.3 Å². The Kier molecular flexibility index (Phi) is 2.23. The summed E-state index contributed by atoms with van der Waals surface area (Å²) in [5.41, 5.74) is 5.39. The van der Waals surface area contributed by atoms with Gasteiger partial charge in [0.05, 0.1) is 3.57 Å². The average Bonchev–Trinajstić information content (AvgIpc) is 1.80. The Balaban J connectivity index is 3.17. The van der Waals surface area contributed by atoms with E-state index in [1.807, 2.05) is 6.07 Å². The van der Waals surface area contributed by atoms with Gasteiger partial charge in [0.1, 0.15) is 4.60 Å². The van der Waals surface area contributed by atoms with Gasteiger partial charge in [0.25, 0.3) is 0 Å². The first-order chi connectivity index (χ1) is 4.20. The molecule has 0 aromatic carbocycles. The summed E-state index contributed by atoms with van der Waals surface area (Å²) in [4.78, 5) is 0. The Morgan fingerprint density at radius 1 is 1.56 bits per heavy atom. The van der Waals surface area contributed by atoms with Gasteiger partial charge >= 0.3 is 0 Å². The number of aromatic nitrogens is 2. The number of nitrogens with zero attached hydrogens (tertiary/aromatic N) is 2. The summed E-state index contributed by atoms with van der Waals surface area (Å²) in [7, 11) is 0. The van der Waals surface area contributed by atoms with Crippen molar-refractivity contribution in [2.45, 2.75) is 0 Å². The molecule has 0 aliphatic carbocycles. The van der Waals surface area contributed by atoms with Gasteiger partial charge in [0.2, 0.25) is 0 Å². The molecule has 0 unspecified atom stereocenters. The van der Waals surface area contributed by atoms with E-state index in [2.05, 4.69) is 48.7 Å². The Morgan fingerprint density at radius 3 is 2.67 bits per heavy atom. The van der Waals surface area contributed by atoms with Crippen LogP contribution in [0.4, 0.5) is 5.82 Å². The molecule has 0 saturated heterocycles. The molecule has 5 heteroatoms. The summed E-state index contributed by atoms with van der Waals surface area (Å²) >= 11 is 5.25. The number of nitrogen functional groups attached to an aromatic ring is 1. The van der Waals surface area contributed by atoms with E-state index in [0.717, 1.165) is 3.57 Å². The first kappa shape index (κ1) is 7.20. The standard InChI is InChI=1S/C4H3BrIN3/c5-3-1-2(6)4(7)9-8-3/h1H,(H2,7,9). The van der Waals surface area contributed by atoms with Crippen LogP contribution in [-0.2, 0) is 0 Å². The highest BCUT2D eigenvalue weighted by molar-refractivity contribution is 14.1. The van der Waals surface area contributed by atoms with Crippen LogP contribution in [0.3, 0.4) is 0 Å². The van der Waals surface area contributed by atoms with E-state index in [1.54, 1.807) is 0 Å². The van der Waals surface area contributed by atoms with Crippen molar-refractivity contribution < 1.29 is 0 Å². The zero-order valence-electron chi connectivity index (χ0n) is 4.31. The molecule has 9 heavy (non-hydrogen) atoms. The lowest BCUT2D eigenvalue weighted by Crippen LogP contribution is -1.95. The zero-order chi connectivity index (χ0) is 6.85. The van der Waals surface area contributed by atoms with Gasteiger partial charge in [0, 0.05) is 0 Å². The molecule has 0 aliphatic rings. The van der Waals surface area contributed by atoms with E-state index in [1.165, 1.54) is 0 Å². The molecule has 3 nitrogen and oxygen atoms in total. The topological polar surface area (TPSA) is 51.8 Å². The fraction of sp³-hybridized carbons (Fsp3) is 0. The number of nitrogens with two attached hydrogens (primary N) is 1. The lowest BCUT2D eigenvalue weighted by Gasteiger charge is -1.93. The summed E-state index contributed by atoms with van der Waals surface area (Å²) in [5, 5.41) is 7.33. The van der Waals surface area contributed by atoms with Gasteiger partial charge in [0.15, 0.2) is 5.82 Å². The molecule has 48 valence electrons. The molecule has 1 rings (SSSR count). The number of anilines is 1. The van der Waals surface area contributed by atoms with Crippen LogP contribution in [-0.4, -0.2) is 10.2 Å². The Hall–Kier alpha value is 0.0900. The highest BCUT2D eigenvalue weighted by Gasteiger charge is 1.96. The van der Waals surface area contributed by atoms with Gasteiger partial charge in [-0.25, -0.2) is 0 Å². The van der Waals surface area contributed by atoms with Crippen molar-refractivity contribution in [3.8, 4) is 0 Å². The summed E-state index contributed by atoms with van der Waals surface area (Å²) in [5.74, 6) is 0.471. The maximum atomic E-state index is 5.39. The summed E-state index contributed by atoms with van der Waals surface area (Å²) < 4.78 is 1.62. The minimum absolute atomic E-state index is 0.471.